The first-order valence-corrected chi connectivity index (χ1v) is 26.3. The van der Waals surface area contributed by atoms with Crippen LogP contribution in [-0.4, -0.2) is 80.6 Å². The van der Waals surface area contributed by atoms with Crippen LogP contribution in [0, 0.1) is 0 Å². The summed E-state index contributed by atoms with van der Waals surface area (Å²) in [5.41, 5.74) is 0. The first-order chi connectivity index (χ1) is 32.1. The Morgan fingerprint density at radius 3 is 1.36 bits per heavy atom. The fourth-order valence-electron chi connectivity index (χ4n) is 7.20. The Hall–Kier alpha value is -3.75. The normalized spacial score (nSPS) is 13.7. The maximum atomic E-state index is 12.8. The van der Waals surface area contributed by atoms with Crippen LogP contribution in [0.2, 0.25) is 0 Å². The van der Waals surface area contributed by atoms with Crippen LogP contribution >= 0.6 is 0 Å². The summed E-state index contributed by atoms with van der Waals surface area (Å²) in [5, 5.41) is 9.66. The number of quaternary nitrogens is 1. The Bertz CT molecular complexity index is 1400. The number of aliphatic carboxylic acids is 1. The average Bonchev–Trinajstić information content (AvgIpc) is 3.28. The van der Waals surface area contributed by atoms with Gasteiger partial charge in [0.2, 0.25) is 0 Å². The lowest BCUT2D eigenvalue weighted by Crippen LogP contribution is -2.50. The third-order valence-corrected chi connectivity index (χ3v) is 11.2. The third-order valence-electron chi connectivity index (χ3n) is 11.2. The highest BCUT2D eigenvalue weighted by atomic mass is 16.6. The van der Waals surface area contributed by atoms with Gasteiger partial charge in [-0.3, -0.25) is 9.59 Å². The van der Waals surface area contributed by atoms with E-state index in [0.29, 0.717) is 19.3 Å². The number of likely N-dealkylation sites (N-methyl/N-ethyl adjacent to an activating group) is 1. The fourth-order valence-corrected chi connectivity index (χ4v) is 7.20. The zero-order valence-corrected chi connectivity index (χ0v) is 42.9. The van der Waals surface area contributed by atoms with Crippen LogP contribution in [-0.2, 0) is 28.6 Å². The van der Waals surface area contributed by atoms with Crippen LogP contribution in [0.5, 0.6) is 0 Å². The largest absolute Gasteiger partial charge is 0.477 e. The SMILES string of the molecule is CC/C=C/C/C=C/C/C=C/C/C=C/C/C=C/C/C=C/CCCCCC(=O)OCC(COCCC(C(=O)O)[N+](C)(C)C)OC(=O)CCCCCCCCCCCC/C=C/C=C/CCCCCC. The molecule has 8 heteroatoms. The Labute approximate surface area is 405 Å². The molecule has 0 aliphatic heterocycles. The number of ether oxygens (including phenoxy) is 3. The zero-order chi connectivity index (χ0) is 48.4. The van der Waals surface area contributed by atoms with Crippen molar-refractivity contribution in [3.8, 4) is 0 Å². The second kappa shape index (κ2) is 47.7. The summed E-state index contributed by atoms with van der Waals surface area (Å²) < 4.78 is 17.3. The molecule has 0 radical (unpaired) electrons. The Kier molecular flexibility index (Phi) is 45.0. The summed E-state index contributed by atoms with van der Waals surface area (Å²) in [4.78, 5) is 37.2. The van der Waals surface area contributed by atoms with Crippen molar-refractivity contribution in [1.29, 1.82) is 0 Å². The van der Waals surface area contributed by atoms with Gasteiger partial charge < -0.3 is 23.8 Å². The highest BCUT2D eigenvalue weighted by Gasteiger charge is 2.31. The smallest absolute Gasteiger partial charge is 0.362 e. The lowest BCUT2D eigenvalue weighted by Gasteiger charge is -2.31. The molecule has 0 aromatic carbocycles. The predicted molar refractivity (Wildman–Crippen MR) is 279 cm³/mol. The van der Waals surface area contributed by atoms with E-state index in [1.165, 1.54) is 83.5 Å². The Morgan fingerprint density at radius 2 is 0.894 bits per heavy atom. The monoisotopic (exact) mass is 921 g/mol. The van der Waals surface area contributed by atoms with Crippen LogP contribution in [0.25, 0.3) is 0 Å². The summed E-state index contributed by atoms with van der Waals surface area (Å²) in [7, 11) is 5.52. The van der Waals surface area contributed by atoms with E-state index < -0.39 is 18.1 Å². The number of hydrogen-bond acceptors (Lipinski definition) is 6. The van der Waals surface area contributed by atoms with Crippen molar-refractivity contribution >= 4 is 17.9 Å². The number of nitrogens with zero attached hydrogens (tertiary/aromatic N) is 1. The number of carbonyl (C=O) groups is 3. The van der Waals surface area contributed by atoms with Crippen LogP contribution in [0.4, 0.5) is 0 Å². The van der Waals surface area contributed by atoms with E-state index in [4.69, 9.17) is 14.2 Å². The molecule has 0 aromatic rings. The van der Waals surface area contributed by atoms with Crippen molar-refractivity contribution in [2.24, 2.45) is 0 Å². The van der Waals surface area contributed by atoms with E-state index in [1.54, 1.807) is 0 Å². The molecule has 8 nitrogen and oxygen atoms in total. The molecule has 2 atom stereocenters. The summed E-state index contributed by atoms with van der Waals surface area (Å²) in [6, 6.07) is -0.627. The van der Waals surface area contributed by atoms with Crippen molar-refractivity contribution in [2.45, 2.75) is 212 Å². The van der Waals surface area contributed by atoms with Gasteiger partial charge in [-0.05, 0) is 89.9 Å². The van der Waals surface area contributed by atoms with Crippen LogP contribution < -0.4 is 0 Å². The molecular weight excluding hydrogens is 823 g/mol. The molecule has 0 aliphatic carbocycles. The minimum absolute atomic E-state index is 0.0434. The molecule has 1 N–H and O–H groups in total. The molecule has 0 amide bonds. The molecule has 0 saturated carbocycles. The second-order valence-electron chi connectivity index (χ2n) is 18.4. The van der Waals surface area contributed by atoms with E-state index in [1.807, 2.05) is 21.1 Å². The van der Waals surface area contributed by atoms with Crippen molar-refractivity contribution in [1.82, 2.24) is 0 Å². The Balaban J connectivity index is 4.33. The maximum Gasteiger partial charge on any atom is 0.362 e. The van der Waals surface area contributed by atoms with Crippen molar-refractivity contribution in [2.75, 3.05) is 41.0 Å². The van der Waals surface area contributed by atoms with Crippen LogP contribution in [0.15, 0.2) is 97.2 Å². The Morgan fingerprint density at radius 1 is 0.485 bits per heavy atom. The first-order valence-electron chi connectivity index (χ1n) is 26.3. The molecule has 0 saturated heterocycles. The van der Waals surface area contributed by atoms with Gasteiger partial charge in [-0.25, -0.2) is 4.79 Å². The minimum atomic E-state index is -0.883. The molecule has 0 aromatic heterocycles. The summed E-state index contributed by atoms with van der Waals surface area (Å²) in [6.07, 6.45) is 64.5. The van der Waals surface area contributed by atoms with Crippen LogP contribution in [0.3, 0.4) is 0 Å². The van der Waals surface area contributed by atoms with Gasteiger partial charge in [-0.1, -0.05) is 188 Å². The van der Waals surface area contributed by atoms with Crippen molar-refractivity contribution in [3.05, 3.63) is 97.2 Å². The van der Waals surface area contributed by atoms with E-state index >= 15 is 0 Å². The highest BCUT2D eigenvalue weighted by Crippen LogP contribution is 2.14. The molecule has 66 heavy (non-hydrogen) atoms. The second-order valence-corrected chi connectivity index (χ2v) is 18.4. The molecule has 0 aliphatic rings. The fraction of sp³-hybridized carbons (Fsp3) is 0.672. The van der Waals surface area contributed by atoms with Gasteiger partial charge in [0.05, 0.1) is 34.4 Å². The number of hydrogen-bond donors (Lipinski definition) is 1. The van der Waals surface area contributed by atoms with Gasteiger partial charge in [0.15, 0.2) is 12.1 Å². The minimum Gasteiger partial charge on any atom is -0.477 e. The van der Waals surface area contributed by atoms with Crippen LogP contribution in [0.1, 0.15) is 200 Å². The van der Waals surface area contributed by atoms with E-state index in [-0.39, 0.29) is 36.2 Å². The number of rotatable bonds is 46. The summed E-state index contributed by atoms with van der Waals surface area (Å²) >= 11 is 0. The molecule has 0 rings (SSSR count). The average molecular weight is 921 g/mol. The summed E-state index contributed by atoms with van der Waals surface area (Å²) in [5.74, 6) is -1.52. The quantitative estimate of drug-likeness (QED) is 0.0213. The lowest BCUT2D eigenvalue weighted by molar-refractivity contribution is -0.887. The molecule has 0 bridgehead atoms. The topological polar surface area (TPSA) is 99.1 Å². The zero-order valence-electron chi connectivity index (χ0n) is 42.9. The first kappa shape index (κ1) is 62.2. The van der Waals surface area contributed by atoms with Crippen molar-refractivity contribution < 1.29 is 38.2 Å². The number of unbranched alkanes of at least 4 members (excludes halogenated alkanes) is 17. The summed E-state index contributed by atoms with van der Waals surface area (Å²) in [6.45, 7) is 4.57. The number of carbonyl (C=O) groups excluding carboxylic acids is 2. The number of allylic oxidation sites excluding steroid dienone is 16. The van der Waals surface area contributed by atoms with Gasteiger partial charge in [0, 0.05) is 19.3 Å². The highest BCUT2D eigenvalue weighted by molar-refractivity contribution is 5.72. The van der Waals surface area contributed by atoms with Gasteiger partial charge >= 0.3 is 17.9 Å². The number of carboxylic acid groups (broad SMARTS) is 1. The molecule has 0 spiro atoms. The van der Waals surface area contributed by atoms with Gasteiger partial charge in [-0.15, -0.1) is 0 Å². The van der Waals surface area contributed by atoms with Gasteiger partial charge in [0.1, 0.15) is 6.61 Å². The molecular formula is C58H98NO7+. The van der Waals surface area contributed by atoms with Gasteiger partial charge in [0.25, 0.3) is 0 Å². The number of carboxylic acids is 1. The van der Waals surface area contributed by atoms with E-state index in [9.17, 15) is 19.5 Å². The van der Waals surface area contributed by atoms with Gasteiger partial charge in [-0.2, -0.15) is 0 Å². The van der Waals surface area contributed by atoms with E-state index in [0.717, 1.165) is 83.5 Å². The molecule has 0 heterocycles. The number of esters is 2. The maximum absolute atomic E-state index is 12.8. The standard InChI is InChI=1S/C58H97NO7/c1-6-8-10-12-14-16-18-20-22-24-26-28-29-31-32-34-36-38-40-42-44-46-48-56(60)65-53-54(52-64-51-50-55(58(62)63)59(3,4)5)66-57(61)49-47-45-43-41-39-37-35-33-30-27-25-23-21-19-17-15-13-11-9-7-2/h8,10,14,16-17,19-23,26,28,31-32,36,38,54-55H,6-7,9,11-13,15,18,24-25,27,29-30,33-35,37,39-53H2,1-5H3/p+1/b10-8+,16-14+,19-17+,22-20+,23-21+,28-26+,32-31+,38-36+. The predicted octanol–water partition coefficient (Wildman–Crippen LogP) is 15.4. The van der Waals surface area contributed by atoms with E-state index in [2.05, 4.69) is 111 Å². The molecule has 2 unspecified atom stereocenters. The molecule has 0 fully saturated rings. The third kappa shape index (κ3) is 45.4. The van der Waals surface area contributed by atoms with Crippen molar-refractivity contribution in [3.63, 3.8) is 0 Å². The lowest BCUT2D eigenvalue weighted by atomic mass is 10.1. The molecule has 376 valence electrons.